The average Bonchev–Trinajstić information content (AvgIpc) is 2.46. The molecule has 118 valence electrons. The van der Waals surface area contributed by atoms with E-state index in [4.69, 9.17) is 17.3 Å². The zero-order valence-corrected chi connectivity index (χ0v) is 14.5. The number of anilines is 1. The largest absolute Gasteiger partial charge is 0.398 e. The molecule has 3 N–H and O–H groups in total. The van der Waals surface area contributed by atoms with Crippen LogP contribution in [0.1, 0.15) is 32.1 Å². The van der Waals surface area contributed by atoms with Crippen LogP contribution in [0, 0.1) is 0 Å². The molecule has 4 nitrogen and oxygen atoms in total. The van der Waals surface area contributed by atoms with Gasteiger partial charge in [0.2, 0.25) is 10.0 Å². The monoisotopic (exact) mass is 348 g/mol. The Labute approximate surface area is 135 Å². The van der Waals surface area contributed by atoms with Gasteiger partial charge < -0.3 is 5.73 Å². The van der Waals surface area contributed by atoms with Crippen LogP contribution in [0.4, 0.5) is 5.69 Å². The van der Waals surface area contributed by atoms with E-state index in [0.717, 1.165) is 25.7 Å². The molecule has 0 aliphatic heterocycles. The van der Waals surface area contributed by atoms with E-state index in [2.05, 4.69) is 11.0 Å². The lowest BCUT2D eigenvalue weighted by Crippen LogP contribution is -2.41. The topological polar surface area (TPSA) is 72.2 Å². The summed E-state index contributed by atoms with van der Waals surface area (Å²) in [5.74, 6) is 0. The molecule has 1 fully saturated rings. The smallest absolute Gasteiger partial charge is 0.242 e. The Morgan fingerprint density at radius 3 is 2.57 bits per heavy atom. The van der Waals surface area contributed by atoms with Crippen LogP contribution < -0.4 is 10.5 Å². The molecule has 1 aromatic rings. The van der Waals surface area contributed by atoms with Crippen molar-refractivity contribution in [3.63, 3.8) is 0 Å². The highest BCUT2D eigenvalue weighted by Crippen LogP contribution is 2.38. The molecule has 0 heterocycles. The summed E-state index contributed by atoms with van der Waals surface area (Å²) in [6.45, 7) is 0.443. The second kappa shape index (κ2) is 6.77. The molecule has 0 radical (unpaired) electrons. The summed E-state index contributed by atoms with van der Waals surface area (Å²) in [7, 11) is -3.60. The minimum Gasteiger partial charge on any atom is -0.398 e. The highest BCUT2D eigenvalue weighted by Gasteiger charge is 2.33. The summed E-state index contributed by atoms with van der Waals surface area (Å²) >= 11 is 7.57. The Hall–Kier alpha value is -0.430. The molecule has 1 aliphatic carbocycles. The van der Waals surface area contributed by atoms with E-state index in [1.165, 1.54) is 24.6 Å². The van der Waals surface area contributed by atoms with Crippen LogP contribution in [0.2, 0.25) is 5.02 Å². The third-order valence-electron chi connectivity index (χ3n) is 4.04. The van der Waals surface area contributed by atoms with Crippen LogP contribution in [0.5, 0.6) is 0 Å². The quantitative estimate of drug-likeness (QED) is 0.801. The minimum absolute atomic E-state index is 0.00646. The van der Waals surface area contributed by atoms with Gasteiger partial charge in [-0.1, -0.05) is 30.9 Å². The van der Waals surface area contributed by atoms with Crippen molar-refractivity contribution < 1.29 is 8.42 Å². The Balaban J connectivity index is 2.13. The first kappa shape index (κ1) is 16.9. The van der Waals surface area contributed by atoms with E-state index in [-0.39, 0.29) is 15.3 Å². The third-order valence-corrected chi connectivity index (χ3v) is 7.17. The van der Waals surface area contributed by atoms with Crippen molar-refractivity contribution in [1.82, 2.24) is 4.72 Å². The number of benzene rings is 1. The number of nitrogen functional groups attached to an aromatic ring is 1. The second-order valence-electron chi connectivity index (χ2n) is 5.45. The first-order valence-corrected chi connectivity index (χ1v) is 10.1. The maximum atomic E-state index is 12.4. The molecule has 0 bridgehead atoms. The van der Waals surface area contributed by atoms with Crippen molar-refractivity contribution >= 4 is 39.1 Å². The molecule has 21 heavy (non-hydrogen) atoms. The number of thioether (sulfide) groups is 1. The van der Waals surface area contributed by atoms with Crippen molar-refractivity contribution in [1.29, 1.82) is 0 Å². The third kappa shape index (κ3) is 4.06. The highest BCUT2D eigenvalue weighted by atomic mass is 35.5. The molecular formula is C14H21ClN2O2S2. The Morgan fingerprint density at radius 2 is 2.00 bits per heavy atom. The number of nitrogens with one attached hydrogen (secondary N) is 1. The summed E-state index contributed by atoms with van der Waals surface area (Å²) in [4.78, 5) is 0.0963. The van der Waals surface area contributed by atoms with E-state index in [1.807, 2.05) is 0 Å². The van der Waals surface area contributed by atoms with Gasteiger partial charge in [-0.15, -0.1) is 0 Å². The van der Waals surface area contributed by atoms with E-state index in [0.29, 0.717) is 11.6 Å². The fourth-order valence-corrected chi connectivity index (χ4v) is 5.14. The number of sulfonamides is 1. The molecule has 7 heteroatoms. The first-order chi connectivity index (χ1) is 9.88. The van der Waals surface area contributed by atoms with Gasteiger partial charge >= 0.3 is 0 Å². The maximum absolute atomic E-state index is 12.4. The van der Waals surface area contributed by atoms with Gasteiger partial charge in [-0.25, -0.2) is 13.1 Å². The molecule has 0 saturated heterocycles. The van der Waals surface area contributed by atoms with E-state index < -0.39 is 10.0 Å². The standard InChI is InChI=1S/C14H21ClN2O2S2/c1-20-14(7-3-2-4-8-14)10-17-21(18,19)13-6-5-11(15)9-12(13)16/h5-6,9,17H,2-4,7-8,10,16H2,1H3. The number of halogens is 1. The lowest BCUT2D eigenvalue weighted by molar-refractivity contribution is 0.395. The number of rotatable bonds is 5. The van der Waals surface area contributed by atoms with Gasteiger partial charge in [0, 0.05) is 16.3 Å². The molecule has 0 atom stereocenters. The Bertz CT molecular complexity index is 599. The molecule has 0 spiro atoms. The second-order valence-corrected chi connectivity index (χ2v) is 8.90. The number of hydrogen-bond acceptors (Lipinski definition) is 4. The van der Waals surface area contributed by atoms with Gasteiger partial charge in [0.05, 0.1) is 5.69 Å². The van der Waals surface area contributed by atoms with Gasteiger partial charge in [-0.2, -0.15) is 11.8 Å². The number of hydrogen-bond donors (Lipinski definition) is 2. The molecule has 1 saturated carbocycles. The van der Waals surface area contributed by atoms with Crippen LogP contribution in [-0.4, -0.2) is 26.0 Å². The fraction of sp³-hybridized carbons (Fsp3) is 0.571. The summed E-state index contributed by atoms with van der Waals surface area (Å²) in [6.07, 6.45) is 7.70. The Morgan fingerprint density at radius 1 is 1.33 bits per heavy atom. The minimum atomic E-state index is -3.60. The first-order valence-electron chi connectivity index (χ1n) is 6.98. The van der Waals surface area contributed by atoms with Gasteiger partial charge in [0.1, 0.15) is 4.90 Å². The molecule has 0 unspecified atom stereocenters. The predicted molar refractivity (Wildman–Crippen MR) is 90.4 cm³/mol. The van der Waals surface area contributed by atoms with Crippen LogP contribution >= 0.6 is 23.4 Å². The summed E-state index contributed by atoms with van der Waals surface area (Å²) < 4.78 is 27.6. The molecule has 1 aliphatic rings. The lowest BCUT2D eigenvalue weighted by atomic mass is 9.88. The molecule has 1 aromatic carbocycles. The molecule has 0 aromatic heterocycles. The predicted octanol–water partition coefficient (Wildman–Crippen LogP) is 3.27. The molecule has 2 rings (SSSR count). The van der Waals surface area contributed by atoms with Gasteiger partial charge in [-0.05, 0) is 37.3 Å². The van der Waals surface area contributed by atoms with Crippen molar-refractivity contribution in [2.24, 2.45) is 0 Å². The van der Waals surface area contributed by atoms with E-state index in [1.54, 1.807) is 11.8 Å². The molecular weight excluding hydrogens is 328 g/mol. The van der Waals surface area contributed by atoms with Gasteiger partial charge in [0.25, 0.3) is 0 Å². The summed E-state index contributed by atoms with van der Waals surface area (Å²) in [6, 6.07) is 4.45. The normalized spacial score (nSPS) is 18.6. The summed E-state index contributed by atoms with van der Waals surface area (Å²) in [5, 5.41) is 0.430. The van der Waals surface area contributed by atoms with Crippen LogP contribution in [-0.2, 0) is 10.0 Å². The van der Waals surface area contributed by atoms with Crippen LogP contribution in [0.25, 0.3) is 0 Å². The van der Waals surface area contributed by atoms with Gasteiger partial charge in [-0.3, -0.25) is 0 Å². The van der Waals surface area contributed by atoms with Crippen LogP contribution in [0.3, 0.4) is 0 Å². The zero-order valence-electron chi connectivity index (χ0n) is 12.1. The van der Waals surface area contributed by atoms with E-state index >= 15 is 0 Å². The van der Waals surface area contributed by atoms with Crippen molar-refractivity contribution in [2.45, 2.75) is 41.7 Å². The van der Waals surface area contributed by atoms with Crippen molar-refractivity contribution in [3.05, 3.63) is 23.2 Å². The fourth-order valence-electron chi connectivity index (χ4n) is 2.72. The van der Waals surface area contributed by atoms with E-state index in [9.17, 15) is 8.42 Å². The zero-order chi connectivity index (χ0) is 15.5. The number of nitrogens with two attached hydrogens (primary N) is 1. The van der Waals surface area contributed by atoms with Crippen LogP contribution in [0.15, 0.2) is 23.1 Å². The average molecular weight is 349 g/mol. The summed E-state index contributed by atoms with van der Waals surface area (Å²) in [5.41, 5.74) is 5.95. The maximum Gasteiger partial charge on any atom is 0.242 e. The van der Waals surface area contributed by atoms with Gasteiger partial charge in [0.15, 0.2) is 0 Å². The lowest BCUT2D eigenvalue weighted by Gasteiger charge is -2.35. The van der Waals surface area contributed by atoms with Crippen molar-refractivity contribution in [3.8, 4) is 0 Å². The van der Waals surface area contributed by atoms with Crippen molar-refractivity contribution in [2.75, 3.05) is 18.5 Å². The SMILES string of the molecule is CSC1(CNS(=O)(=O)c2ccc(Cl)cc2N)CCCCC1. The Kier molecular flexibility index (Phi) is 5.46. The highest BCUT2D eigenvalue weighted by molar-refractivity contribution is 8.00. The molecule has 0 amide bonds.